The highest BCUT2D eigenvalue weighted by atomic mass is 16.5. The van der Waals surface area contributed by atoms with Gasteiger partial charge in [0.15, 0.2) is 0 Å². The molecule has 1 saturated heterocycles. The quantitative estimate of drug-likeness (QED) is 0.842. The Kier molecular flexibility index (Phi) is 5.85. The van der Waals surface area contributed by atoms with Gasteiger partial charge in [0.2, 0.25) is 5.91 Å². The largest absolute Gasteiger partial charge is 0.457 e. The Morgan fingerprint density at radius 2 is 1.67 bits per heavy atom. The second-order valence-corrected chi connectivity index (χ2v) is 6.08. The van der Waals surface area contributed by atoms with Crippen LogP contribution in [0, 0.1) is 5.92 Å². The fourth-order valence-corrected chi connectivity index (χ4v) is 2.82. The Morgan fingerprint density at radius 1 is 1.00 bits per heavy atom. The molecule has 1 aliphatic heterocycles. The molecule has 24 heavy (non-hydrogen) atoms. The van der Waals surface area contributed by atoms with Crippen LogP contribution < -0.4 is 10.1 Å². The van der Waals surface area contributed by atoms with Crippen LogP contribution in [0.15, 0.2) is 54.6 Å². The maximum absolute atomic E-state index is 12.1. The van der Waals surface area contributed by atoms with Gasteiger partial charge in [-0.05, 0) is 61.6 Å². The van der Waals surface area contributed by atoms with Crippen LogP contribution in [0.3, 0.4) is 0 Å². The molecule has 0 atom stereocenters. The van der Waals surface area contributed by atoms with Crippen LogP contribution in [-0.4, -0.2) is 19.1 Å². The van der Waals surface area contributed by atoms with Gasteiger partial charge >= 0.3 is 0 Å². The van der Waals surface area contributed by atoms with Crippen molar-refractivity contribution in [3.05, 3.63) is 54.6 Å². The standard InChI is InChI=1S/C20H23NO3/c22-20(11-6-16-12-14-23-15-13-16)21-17-7-9-19(10-8-17)24-18-4-2-1-3-5-18/h1-5,7-10,16H,6,11-15H2,(H,21,22). The lowest BCUT2D eigenvalue weighted by atomic mass is 9.95. The maximum atomic E-state index is 12.1. The van der Waals surface area contributed by atoms with Crippen molar-refractivity contribution in [2.24, 2.45) is 5.92 Å². The van der Waals surface area contributed by atoms with E-state index in [-0.39, 0.29) is 5.91 Å². The van der Waals surface area contributed by atoms with Gasteiger partial charge in [-0.2, -0.15) is 0 Å². The van der Waals surface area contributed by atoms with Crippen molar-refractivity contribution in [1.82, 2.24) is 0 Å². The van der Waals surface area contributed by atoms with Gasteiger partial charge in [0, 0.05) is 25.3 Å². The minimum Gasteiger partial charge on any atom is -0.457 e. The fraction of sp³-hybridized carbons (Fsp3) is 0.350. The summed E-state index contributed by atoms with van der Waals surface area (Å²) in [7, 11) is 0. The SMILES string of the molecule is O=C(CCC1CCOCC1)Nc1ccc(Oc2ccccc2)cc1. The first kappa shape index (κ1) is 16.5. The average molecular weight is 325 g/mol. The van der Waals surface area contributed by atoms with E-state index in [4.69, 9.17) is 9.47 Å². The van der Waals surface area contributed by atoms with Gasteiger partial charge in [0.25, 0.3) is 0 Å². The molecule has 3 rings (SSSR count). The zero-order chi connectivity index (χ0) is 16.6. The summed E-state index contributed by atoms with van der Waals surface area (Å²) in [6.07, 6.45) is 3.63. The van der Waals surface area contributed by atoms with Gasteiger partial charge in [-0.3, -0.25) is 4.79 Å². The van der Waals surface area contributed by atoms with E-state index in [9.17, 15) is 4.79 Å². The molecule has 1 N–H and O–H groups in total. The summed E-state index contributed by atoms with van der Waals surface area (Å²) < 4.78 is 11.1. The summed E-state index contributed by atoms with van der Waals surface area (Å²) in [5, 5.41) is 2.95. The third-order valence-corrected chi connectivity index (χ3v) is 4.24. The molecule has 0 unspecified atom stereocenters. The van der Waals surface area contributed by atoms with Crippen LogP contribution in [0.2, 0.25) is 0 Å². The molecule has 0 aromatic heterocycles. The number of carbonyl (C=O) groups excluding carboxylic acids is 1. The molecule has 0 aliphatic carbocycles. The van der Waals surface area contributed by atoms with Crippen LogP contribution in [0.5, 0.6) is 11.5 Å². The molecule has 126 valence electrons. The molecule has 4 heteroatoms. The number of para-hydroxylation sites is 1. The smallest absolute Gasteiger partial charge is 0.224 e. The first-order valence-corrected chi connectivity index (χ1v) is 8.50. The van der Waals surface area contributed by atoms with Gasteiger partial charge in [-0.1, -0.05) is 18.2 Å². The van der Waals surface area contributed by atoms with Crippen molar-refractivity contribution >= 4 is 11.6 Å². The van der Waals surface area contributed by atoms with E-state index in [0.717, 1.165) is 49.7 Å². The molecule has 1 heterocycles. The fourth-order valence-electron chi connectivity index (χ4n) is 2.82. The second kappa shape index (κ2) is 8.50. The zero-order valence-corrected chi connectivity index (χ0v) is 13.7. The highest BCUT2D eigenvalue weighted by Gasteiger charge is 2.15. The third kappa shape index (κ3) is 5.10. The summed E-state index contributed by atoms with van der Waals surface area (Å²) in [6.45, 7) is 1.66. The summed E-state index contributed by atoms with van der Waals surface area (Å²) >= 11 is 0. The van der Waals surface area contributed by atoms with Gasteiger partial charge in [-0.25, -0.2) is 0 Å². The molecule has 1 fully saturated rings. The van der Waals surface area contributed by atoms with Crippen molar-refractivity contribution in [1.29, 1.82) is 0 Å². The first-order chi connectivity index (χ1) is 11.8. The number of hydrogen-bond acceptors (Lipinski definition) is 3. The molecule has 0 radical (unpaired) electrons. The third-order valence-electron chi connectivity index (χ3n) is 4.24. The van der Waals surface area contributed by atoms with E-state index in [1.165, 1.54) is 0 Å². The van der Waals surface area contributed by atoms with E-state index in [0.29, 0.717) is 12.3 Å². The summed E-state index contributed by atoms with van der Waals surface area (Å²) in [5.41, 5.74) is 0.799. The Balaban J connectivity index is 1.45. The van der Waals surface area contributed by atoms with Crippen LogP contribution in [0.25, 0.3) is 0 Å². The van der Waals surface area contributed by atoms with E-state index < -0.39 is 0 Å². The minimum atomic E-state index is 0.0678. The molecule has 4 nitrogen and oxygen atoms in total. The van der Waals surface area contributed by atoms with Gasteiger partial charge < -0.3 is 14.8 Å². The molecular formula is C20H23NO3. The lowest BCUT2D eigenvalue weighted by Crippen LogP contribution is -2.18. The first-order valence-electron chi connectivity index (χ1n) is 8.50. The van der Waals surface area contributed by atoms with Crippen molar-refractivity contribution in [3.8, 4) is 11.5 Å². The molecule has 1 aliphatic rings. The number of carbonyl (C=O) groups is 1. The molecular weight excluding hydrogens is 302 g/mol. The predicted octanol–water partition coefficient (Wildman–Crippen LogP) is 4.62. The van der Waals surface area contributed by atoms with Crippen LogP contribution in [0.1, 0.15) is 25.7 Å². The van der Waals surface area contributed by atoms with E-state index in [2.05, 4.69) is 5.32 Å². The van der Waals surface area contributed by atoms with Crippen LogP contribution in [-0.2, 0) is 9.53 Å². The Hall–Kier alpha value is -2.33. The normalized spacial score (nSPS) is 15.0. The predicted molar refractivity (Wildman–Crippen MR) is 94.4 cm³/mol. The van der Waals surface area contributed by atoms with Crippen molar-refractivity contribution in [2.45, 2.75) is 25.7 Å². The number of anilines is 1. The Labute approximate surface area is 142 Å². The monoisotopic (exact) mass is 325 g/mol. The number of rotatable bonds is 6. The number of hydrogen-bond donors (Lipinski definition) is 1. The van der Waals surface area contributed by atoms with Crippen molar-refractivity contribution < 1.29 is 14.3 Å². The number of amides is 1. The van der Waals surface area contributed by atoms with Gasteiger partial charge in [-0.15, -0.1) is 0 Å². The summed E-state index contributed by atoms with van der Waals surface area (Å²) in [5.74, 6) is 2.23. The Morgan fingerprint density at radius 3 is 2.38 bits per heavy atom. The highest BCUT2D eigenvalue weighted by molar-refractivity contribution is 5.90. The topological polar surface area (TPSA) is 47.6 Å². The van der Waals surface area contributed by atoms with E-state index in [1.54, 1.807) is 0 Å². The minimum absolute atomic E-state index is 0.0678. The highest BCUT2D eigenvalue weighted by Crippen LogP contribution is 2.23. The second-order valence-electron chi connectivity index (χ2n) is 6.08. The van der Waals surface area contributed by atoms with Crippen LogP contribution >= 0.6 is 0 Å². The molecule has 0 bridgehead atoms. The lowest BCUT2D eigenvalue weighted by molar-refractivity contribution is -0.116. The summed E-state index contributed by atoms with van der Waals surface area (Å²) in [4.78, 5) is 12.1. The zero-order valence-electron chi connectivity index (χ0n) is 13.7. The van der Waals surface area contributed by atoms with Crippen molar-refractivity contribution in [3.63, 3.8) is 0 Å². The maximum Gasteiger partial charge on any atom is 0.224 e. The molecule has 0 saturated carbocycles. The molecule has 2 aromatic rings. The van der Waals surface area contributed by atoms with E-state index in [1.807, 2.05) is 54.6 Å². The number of ether oxygens (including phenoxy) is 2. The molecule has 2 aromatic carbocycles. The number of benzene rings is 2. The summed E-state index contributed by atoms with van der Waals surface area (Å²) in [6, 6.07) is 17.1. The molecule has 1 amide bonds. The van der Waals surface area contributed by atoms with Crippen molar-refractivity contribution in [2.75, 3.05) is 18.5 Å². The average Bonchev–Trinajstić information content (AvgIpc) is 2.63. The molecule has 0 spiro atoms. The van der Waals surface area contributed by atoms with Gasteiger partial charge in [0.05, 0.1) is 0 Å². The lowest BCUT2D eigenvalue weighted by Gasteiger charge is -2.21. The van der Waals surface area contributed by atoms with Gasteiger partial charge in [0.1, 0.15) is 11.5 Å². The van der Waals surface area contributed by atoms with Crippen LogP contribution in [0.4, 0.5) is 5.69 Å². The van der Waals surface area contributed by atoms with E-state index >= 15 is 0 Å². The Bertz CT molecular complexity index is 634. The number of nitrogens with one attached hydrogen (secondary N) is 1.